The number of aliphatic hydroxyl groups is 2. The van der Waals surface area contributed by atoms with Crippen molar-refractivity contribution < 1.29 is 23.4 Å². The molecule has 1 fully saturated rings. The maximum absolute atomic E-state index is 13.1. The van der Waals surface area contributed by atoms with Gasteiger partial charge < -0.3 is 15.1 Å². The second-order valence-corrected chi connectivity index (χ2v) is 7.09. The zero-order valence-corrected chi connectivity index (χ0v) is 14.9. The van der Waals surface area contributed by atoms with Crippen molar-refractivity contribution in [3.05, 3.63) is 71.3 Å². The minimum atomic E-state index is -4.48. The quantitative estimate of drug-likeness (QED) is 0.819. The van der Waals surface area contributed by atoms with E-state index in [-0.39, 0.29) is 18.0 Å². The fourth-order valence-electron chi connectivity index (χ4n) is 3.76. The summed E-state index contributed by atoms with van der Waals surface area (Å²) in [4.78, 5) is 1.96. The number of alkyl halides is 3. The van der Waals surface area contributed by atoms with E-state index in [4.69, 9.17) is 0 Å². The van der Waals surface area contributed by atoms with Gasteiger partial charge in [-0.3, -0.25) is 0 Å². The predicted molar refractivity (Wildman–Crippen MR) is 97.0 cm³/mol. The van der Waals surface area contributed by atoms with Crippen LogP contribution in [0.15, 0.2) is 54.6 Å². The molecule has 2 unspecified atom stereocenters. The first-order chi connectivity index (χ1) is 12.9. The lowest BCUT2D eigenvalue weighted by atomic mass is 9.87. The normalized spacial score (nSPS) is 19.0. The zero-order chi connectivity index (χ0) is 19.4. The first-order valence-corrected chi connectivity index (χ1v) is 9.16. The number of likely N-dealkylation sites (tertiary alicyclic amines) is 1. The van der Waals surface area contributed by atoms with Crippen LogP contribution in [-0.2, 0) is 6.18 Å². The molecule has 0 amide bonds. The first kappa shape index (κ1) is 19.9. The summed E-state index contributed by atoms with van der Waals surface area (Å²) in [5.41, 5.74) is 0.0124. The van der Waals surface area contributed by atoms with Crippen molar-refractivity contribution >= 4 is 0 Å². The summed E-state index contributed by atoms with van der Waals surface area (Å²) in [5.74, 6) is 0.114. The van der Waals surface area contributed by atoms with Crippen LogP contribution in [0.5, 0.6) is 0 Å². The molecule has 1 heterocycles. The van der Waals surface area contributed by atoms with Crippen LogP contribution in [0, 0.1) is 5.92 Å². The van der Waals surface area contributed by atoms with Crippen molar-refractivity contribution in [3.8, 4) is 0 Å². The highest BCUT2D eigenvalue weighted by atomic mass is 19.4. The number of halogens is 3. The Hall–Kier alpha value is -1.89. The summed E-state index contributed by atoms with van der Waals surface area (Å²) in [7, 11) is 0. The van der Waals surface area contributed by atoms with E-state index >= 15 is 0 Å². The van der Waals surface area contributed by atoms with Gasteiger partial charge in [0.1, 0.15) is 0 Å². The van der Waals surface area contributed by atoms with E-state index in [1.165, 1.54) is 18.2 Å². The summed E-state index contributed by atoms with van der Waals surface area (Å²) in [6, 6.07) is 14.7. The number of aliphatic hydroxyl groups excluding tert-OH is 2. The average Bonchev–Trinajstić information content (AvgIpc) is 2.68. The fourth-order valence-corrected chi connectivity index (χ4v) is 3.76. The lowest BCUT2D eigenvalue weighted by Gasteiger charge is -2.35. The third kappa shape index (κ3) is 4.89. The van der Waals surface area contributed by atoms with Gasteiger partial charge in [-0.25, -0.2) is 0 Å². The van der Waals surface area contributed by atoms with E-state index in [1.807, 2.05) is 35.2 Å². The Morgan fingerprint density at radius 1 is 0.926 bits per heavy atom. The van der Waals surface area contributed by atoms with Crippen LogP contribution in [0.1, 0.15) is 41.7 Å². The second-order valence-electron chi connectivity index (χ2n) is 7.09. The third-order valence-electron chi connectivity index (χ3n) is 5.28. The van der Waals surface area contributed by atoms with Gasteiger partial charge in [-0.2, -0.15) is 13.2 Å². The Balaban J connectivity index is 1.58. The van der Waals surface area contributed by atoms with E-state index in [2.05, 4.69) is 0 Å². The molecular formula is C21H24F3NO2. The summed E-state index contributed by atoms with van der Waals surface area (Å²) in [6.45, 7) is 1.43. The molecule has 3 rings (SSSR count). The highest BCUT2D eigenvalue weighted by Crippen LogP contribution is 2.35. The van der Waals surface area contributed by atoms with Crippen molar-refractivity contribution in [1.29, 1.82) is 0 Å². The number of rotatable bonds is 5. The Morgan fingerprint density at radius 2 is 1.52 bits per heavy atom. The smallest absolute Gasteiger partial charge is 0.388 e. The van der Waals surface area contributed by atoms with Gasteiger partial charge in [0.15, 0.2) is 0 Å². The van der Waals surface area contributed by atoms with Crippen LogP contribution in [0.3, 0.4) is 0 Å². The molecule has 1 saturated heterocycles. The average molecular weight is 379 g/mol. The zero-order valence-electron chi connectivity index (χ0n) is 14.9. The molecule has 0 spiro atoms. The van der Waals surface area contributed by atoms with Gasteiger partial charge in [0.2, 0.25) is 0 Å². The Morgan fingerprint density at radius 3 is 2.15 bits per heavy atom. The van der Waals surface area contributed by atoms with Gasteiger partial charge in [-0.15, -0.1) is 0 Å². The monoisotopic (exact) mass is 379 g/mol. The SMILES string of the molecule is OC(CN1CCC(C(O)c2ccccc2)CC1)c1ccccc1C(F)(F)F. The standard InChI is InChI=1S/C21H24F3NO2/c22-21(23,24)18-9-5-4-8-17(18)19(26)14-25-12-10-16(11-13-25)20(27)15-6-2-1-3-7-15/h1-9,16,19-20,26-27H,10-14H2. The summed E-state index contributed by atoms with van der Waals surface area (Å²) < 4.78 is 39.4. The maximum Gasteiger partial charge on any atom is 0.416 e. The predicted octanol–water partition coefficient (Wildman–Crippen LogP) is 4.18. The van der Waals surface area contributed by atoms with E-state index in [0.29, 0.717) is 13.1 Å². The highest BCUT2D eigenvalue weighted by Gasteiger charge is 2.35. The minimum Gasteiger partial charge on any atom is -0.388 e. The van der Waals surface area contributed by atoms with Crippen molar-refractivity contribution in [3.63, 3.8) is 0 Å². The number of nitrogens with zero attached hydrogens (tertiary/aromatic N) is 1. The molecule has 2 N–H and O–H groups in total. The molecule has 146 valence electrons. The summed E-state index contributed by atoms with van der Waals surface area (Å²) >= 11 is 0. The fraction of sp³-hybridized carbons (Fsp3) is 0.429. The number of hydrogen-bond donors (Lipinski definition) is 2. The van der Waals surface area contributed by atoms with Gasteiger partial charge in [0.05, 0.1) is 17.8 Å². The first-order valence-electron chi connectivity index (χ1n) is 9.16. The highest BCUT2D eigenvalue weighted by molar-refractivity contribution is 5.31. The largest absolute Gasteiger partial charge is 0.416 e. The van der Waals surface area contributed by atoms with E-state index < -0.39 is 23.9 Å². The summed E-state index contributed by atoms with van der Waals surface area (Å²) in [5, 5.41) is 20.9. The molecule has 0 bridgehead atoms. The molecule has 0 aromatic heterocycles. The molecule has 0 radical (unpaired) electrons. The number of benzene rings is 2. The Kier molecular flexibility index (Phi) is 6.19. The van der Waals surface area contributed by atoms with E-state index in [9.17, 15) is 23.4 Å². The van der Waals surface area contributed by atoms with Crippen molar-refractivity contribution in [2.24, 2.45) is 5.92 Å². The minimum absolute atomic E-state index is 0.0866. The van der Waals surface area contributed by atoms with Crippen LogP contribution in [0.4, 0.5) is 13.2 Å². The molecule has 3 nitrogen and oxygen atoms in total. The lowest BCUT2D eigenvalue weighted by Crippen LogP contribution is -2.38. The Labute approximate surface area is 157 Å². The van der Waals surface area contributed by atoms with Crippen molar-refractivity contribution in [2.45, 2.75) is 31.2 Å². The van der Waals surface area contributed by atoms with Gasteiger partial charge in [0, 0.05) is 6.54 Å². The summed E-state index contributed by atoms with van der Waals surface area (Å²) in [6.07, 6.45) is -4.74. The molecule has 0 saturated carbocycles. The van der Waals surface area contributed by atoms with Gasteiger partial charge in [0.25, 0.3) is 0 Å². The van der Waals surface area contributed by atoms with Crippen LogP contribution < -0.4 is 0 Å². The number of hydrogen-bond acceptors (Lipinski definition) is 3. The molecule has 27 heavy (non-hydrogen) atoms. The molecule has 1 aliphatic rings. The second kappa shape index (κ2) is 8.42. The van der Waals surface area contributed by atoms with Crippen molar-refractivity contribution in [2.75, 3.05) is 19.6 Å². The number of piperidine rings is 1. The van der Waals surface area contributed by atoms with E-state index in [0.717, 1.165) is 24.5 Å². The maximum atomic E-state index is 13.1. The molecule has 2 aromatic rings. The van der Waals surface area contributed by atoms with Crippen LogP contribution in [0.25, 0.3) is 0 Å². The molecule has 2 aromatic carbocycles. The number of β-amino-alcohol motifs (C(OH)–C–C–N with tert-alkyl or cyclic N) is 1. The van der Waals surface area contributed by atoms with Crippen LogP contribution in [0.2, 0.25) is 0 Å². The molecule has 2 atom stereocenters. The van der Waals surface area contributed by atoms with Crippen LogP contribution >= 0.6 is 0 Å². The van der Waals surface area contributed by atoms with Crippen molar-refractivity contribution in [1.82, 2.24) is 4.90 Å². The Bertz CT molecular complexity index is 728. The van der Waals surface area contributed by atoms with Crippen LogP contribution in [-0.4, -0.2) is 34.7 Å². The molecule has 0 aliphatic carbocycles. The lowest BCUT2D eigenvalue weighted by molar-refractivity contribution is -0.139. The van der Waals surface area contributed by atoms with E-state index in [1.54, 1.807) is 0 Å². The molecule has 6 heteroatoms. The van der Waals surface area contributed by atoms with Gasteiger partial charge >= 0.3 is 6.18 Å². The topological polar surface area (TPSA) is 43.7 Å². The van der Waals surface area contributed by atoms with Gasteiger partial charge in [-0.05, 0) is 49.0 Å². The van der Waals surface area contributed by atoms with Gasteiger partial charge in [-0.1, -0.05) is 48.5 Å². The molecule has 1 aliphatic heterocycles. The third-order valence-corrected chi connectivity index (χ3v) is 5.28. The molecular weight excluding hydrogens is 355 g/mol.